The van der Waals surface area contributed by atoms with E-state index < -0.39 is 0 Å². The summed E-state index contributed by atoms with van der Waals surface area (Å²) in [4.78, 5) is 0. The molecular weight excluding hydrogens is 193 g/mol. The molecule has 84 valence electrons. The van der Waals surface area contributed by atoms with Crippen LogP contribution in [0.2, 0.25) is 0 Å². The molecule has 0 heterocycles. The van der Waals surface area contributed by atoms with Crippen molar-refractivity contribution in [3.63, 3.8) is 0 Å². The van der Waals surface area contributed by atoms with Crippen LogP contribution < -0.4 is 5.32 Å². The molecule has 1 aromatic rings. The van der Waals surface area contributed by atoms with Crippen LogP contribution in [0.25, 0.3) is 0 Å². The van der Waals surface area contributed by atoms with Crippen LogP contribution in [0.4, 0.5) is 4.39 Å². The molecule has 1 rings (SSSR count). The van der Waals surface area contributed by atoms with Crippen molar-refractivity contribution in [1.82, 2.24) is 5.32 Å². The molecule has 15 heavy (non-hydrogen) atoms. The molecule has 3 heteroatoms. The van der Waals surface area contributed by atoms with Gasteiger partial charge in [0.05, 0.1) is 6.10 Å². The first kappa shape index (κ1) is 12.1. The van der Waals surface area contributed by atoms with Crippen LogP contribution in [0.5, 0.6) is 0 Å². The molecule has 0 saturated heterocycles. The fourth-order valence-electron chi connectivity index (χ4n) is 1.40. The van der Waals surface area contributed by atoms with Crippen LogP contribution in [0.15, 0.2) is 24.3 Å². The maximum Gasteiger partial charge on any atom is 0.123 e. The fraction of sp³-hybridized carbons (Fsp3) is 0.500. The molecule has 0 unspecified atom stereocenters. The third-order valence-electron chi connectivity index (χ3n) is 2.36. The topological polar surface area (TPSA) is 32.3 Å². The van der Waals surface area contributed by atoms with E-state index in [0.29, 0.717) is 6.42 Å². The Bertz CT molecular complexity index is 301. The van der Waals surface area contributed by atoms with Gasteiger partial charge in [0.25, 0.3) is 0 Å². The van der Waals surface area contributed by atoms with Gasteiger partial charge in [-0.25, -0.2) is 4.39 Å². The Hall–Kier alpha value is -0.930. The van der Waals surface area contributed by atoms with Gasteiger partial charge < -0.3 is 10.4 Å². The van der Waals surface area contributed by atoms with Gasteiger partial charge in [0, 0.05) is 6.04 Å². The zero-order chi connectivity index (χ0) is 11.3. The van der Waals surface area contributed by atoms with E-state index in [-0.39, 0.29) is 18.0 Å². The van der Waals surface area contributed by atoms with Crippen molar-refractivity contribution in [1.29, 1.82) is 0 Å². The standard InChI is InChI=1S/C12H18FNO/c1-9(15)6-7-14-10(2)11-4-3-5-12(13)8-11/h3-5,8-10,14-15H,6-7H2,1-2H3/t9-,10-/m0/s1. The van der Waals surface area contributed by atoms with Gasteiger partial charge in [0.1, 0.15) is 5.82 Å². The lowest BCUT2D eigenvalue weighted by Crippen LogP contribution is -2.22. The molecule has 0 spiro atoms. The molecule has 0 fully saturated rings. The average molecular weight is 211 g/mol. The highest BCUT2D eigenvalue weighted by atomic mass is 19.1. The summed E-state index contributed by atoms with van der Waals surface area (Å²) in [6.45, 7) is 4.47. The van der Waals surface area contributed by atoms with E-state index in [1.165, 1.54) is 12.1 Å². The molecule has 1 aromatic carbocycles. The quantitative estimate of drug-likeness (QED) is 0.783. The molecule has 0 amide bonds. The van der Waals surface area contributed by atoms with Gasteiger partial charge in [-0.05, 0) is 44.5 Å². The van der Waals surface area contributed by atoms with Crippen molar-refractivity contribution >= 4 is 0 Å². The lowest BCUT2D eigenvalue weighted by Gasteiger charge is -2.14. The molecule has 0 bridgehead atoms. The maximum absolute atomic E-state index is 12.9. The SMILES string of the molecule is C[C@H](O)CCN[C@@H](C)c1cccc(F)c1. The molecule has 0 aromatic heterocycles. The summed E-state index contributed by atoms with van der Waals surface area (Å²) in [6, 6.07) is 6.67. The van der Waals surface area contributed by atoms with Crippen LogP contribution in [-0.2, 0) is 0 Å². The zero-order valence-corrected chi connectivity index (χ0v) is 9.20. The van der Waals surface area contributed by atoms with Gasteiger partial charge in [-0.1, -0.05) is 12.1 Å². The monoisotopic (exact) mass is 211 g/mol. The van der Waals surface area contributed by atoms with Crippen LogP contribution in [0, 0.1) is 5.82 Å². The average Bonchev–Trinajstić information content (AvgIpc) is 2.17. The minimum Gasteiger partial charge on any atom is -0.393 e. The van der Waals surface area contributed by atoms with Gasteiger partial charge >= 0.3 is 0 Å². The fourth-order valence-corrected chi connectivity index (χ4v) is 1.40. The van der Waals surface area contributed by atoms with Crippen molar-refractivity contribution in [3.05, 3.63) is 35.6 Å². The minimum absolute atomic E-state index is 0.111. The summed E-state index contributed by atoms with van der Waals surface area (Å²) in [7, 11) is 0. The number of hydrogen-bond donors (Lipinski definition) is 2. The van der Waals surface area contributed by atoms with Crippen molar-refractivity contribution < 1.29 is 9.50 Å². The lowest BCUT2D eigenvalue weighted by molar-refractivity contribution is 0.182. The van der Waals surface area contributed by atoms with E-state index in [9.17, 15) is 4.39 Å². The van der Waals surface area contributed by atoms with Crippen LogP contribution in [-0.4, -0.2) is 17.8 Å². The molecule has 0 radical (unpaired) electrons. The molecule has 0 aliphatic heterocycles. The second-order valence-electron chi connectivity index (χ2n) is 3.87. The van der Waals surface area contributed by atoms with Gasteiger partial charge in [-0.15, -0.1) is 0 Å². The number of benzene rings is 1. The Labute approximate surface area is 90.1 Å². The van der Waals surface area contributed by atoms with Gasteiger partial charge in [0.15, 0.2) is 0 Å². The maximum atomic E-state index is 12.9. The Morgan fingerprint density at radius 3 is 2.73 bits per heavy atom. The first-order chi connectivity index (χ1) is 7.09. The van der Waals surface area contributed by atoms with Crippen LogP contribution in [0.3, 0.4) is 0 Å². The highest BCUT2D eigenvalue weighted by Gasteiger charge is 2.05. The highest BCUT2D eigenvalue weighted by molar-refractivity contribution is 5.19. The predicted octanol–water partition coefficient (Wildman–Crippen LogP) is 2.25. The summed E-state index contributed by atoms with van der Waals surface area (Å²) >= 11 is 0. The van der Waals surface area contributed by atoms with E-state index in [0.717, 1.165) is 12.1 Å². The molecule has 2 nitrogen and oxygen atoms in total. The Balaban J connectivity index is 2.43. The Morgan fingerprint density at radius 1 is 1.40 bits per heavy atom. The van der Waals surface area contributed by atoms with E-state index in [2.05, 4.69) is 5.32 Å². The summed E-state index contributed by atoms with van der Waals surface area (Å²) in [5.74, 6) is -0.211. The smallest absolute Gasteiger partial charge is 0.123 e. The van der Waals surface area contributed by atoms with Crippen molar-refractivity contribution in [2.45, 2.75) is 32.4 Å². The summed E-state index contributed by atoms with van der Waals surface area (Å²) in [5, 5.41) is 12.3. The van der Waals surface area contributed by atoms with E-state index in [1.807, 2.05) is 13.0 Å². The van der Waals surface area contributed by atoms with Crippen LogP contribution in [0.1, 0.15) is 31.9 Å². The third-order valence-corrected chi connectivity index (χ3v) is 2.36. The van der Waals surface area contributed by atoms with Gasteiger partial charge in [0.2, 0.25) is 0 Å². The van der Waals surface area contributed by atoms with Crippen molar-refractivity contribution in [3.8, 4) is 0 Å². The number of rotatable bonds is 5. The summed E-state index contributed by atoms with van der Waals surface area (Å²) in [5.41, 5.74) is 0.931. The van der Waals surface area contributed by atoms with E-state index in [4.69, 9.17) is 5.11 Å². The Morgan fingerprint density at radius 2 is 2.13 bits per heavy atom. The predicted molar refractivity (Wildman–Crippen MR) is 59.1 cm³/mol. The number of nitrogens with one attached hydrogen (secondary N) is 1. The van der Waals surface area contributed by atoms with Crippen molar-refractivity contribution in [2.24, 2.45) is 0 Å². The number of aliphatic hydroxyl groups excluding tert-OH is 1. The second kappa shape index (κ2) is 5.83. The normalized spacial score (nSPS) is 14.9. The first-order valence-electron chi connectivity index (χ1n) is 5.26. The molecular formula is C12H18FNO. The summed E-state index contributed by atoms with van der Waals surface area (Å²) in [6.07, 6.45) is 0.414. The largest absolute Gasteiger partial charge is 0.393 e. The second-order valence-corrected chi connectivity index (χ2v) is 3.87. The molecule has 0 aliphatic rings. The zero-order valence-electron chi connectivity index (χ0n) is 9.20. The van der Waals surface area contributed by atoms with Gasteiger partial charge in [-0.3, -0.25) is 0 Å². The third kappa shape index (κ3) is 4.40. The number of aliphatic hydroxyl groups is 1. The Kier molecular flexibility index (Phi) is 4.72. The molecule has 2 N–H and O–H groups in total. The molecule has 0 aliphatic carbocycles. The number of halogens is 1. The minimum atomic E-state index is -0.294. The lowest BCUT2D eigenvalue weighted by atomic mass is 10.1. The number of hydrogen-bond acceptors (Lipinski definition) is 2. The van der Waals surface area contributed by atoms with Gasteiger partial charge in [-0.2, -0.15) is 0 Å². The summed E-state index contributed by atoms with van der Waals surface area (Å²) < 4.78 is 12.9. The van der Waals surface area contributed by atoms with Crippen molar-refractivity contribution in [2.75, 3.05) is 6.54 Å². The first-order valence-corrected chi connectivity index (χ1v) is 5.26. The van der Waals surface area contributed by atoms with E-state index in [1.54, 1.807) is 13.0 Å². The van der Waals surface area contributed by atoms with Crippen LogP contribution >= 0.6 is 0 Å². The molecule has 2 atom stereocenters. The molecule has 0 saturated carbocycles. The van der Waals surface area contributed by atoms with E-state index >= 15 is 0 Å². The highest BCUT2D eigenvalue weighted by Crippen LogP contribution is 2.13.